The molecule has 1 amide bonds. The molecule has 1 aromatic heterocycles. The number of nitrogens with one attached hydrogen (secondary N) is 1. The Hall–Kier alpha value is -1.36. The fraction of sp³-hybridized carbons (Fsp3) is 0.714. The smallest absolute Gasteiger partial charge is 0.226 e. The monoisotopic (exact) mass is 264 g/mol. The SMILES string of the molecule is Cc1cc(NC(=O)CC2(CN)CCCCC2)nn1C. The van der Waals surface area contributed by atoms with Gasteiger partial charge in [-0.25, -0.2) is 0 Å². The molecule has 106 valence electrons. The molecule has 1 heterocycles. The van der Waals surface area contributed by atoms with Crippen LogP contribution in [0.2, 0.25) is 0 Å². The molecule has 1 fully saturated rings. The molecule has 19 heavy (non-hydrogen) atoms. The number of nitrogens with zero attached hydrogens (tertiary/aromatic N) is 2. The maximum absolute atomic E-state index is 12.1. The summed E-state index contributed by atoms with van der Waals surface area (Å²) in [7, 11) is 1.87. The van der Waals surface area contributed by atoms with E-state index in [4.69, 9.17) is 5.73 Å². The van der Waals surface area contributed by atoms with Crippen LogP contribution in [-0.2, 0) is 11.8 Å². The lowest BCUT2D eigenvalue weighted by molar-refractivity contribution is -0.118. The van der Waals surface area contributed by atoms with E-state index in [1.807, 2.05) is 20.0 Å². The lowest BCUT2D eigenvalue weighted by Gasteiger charge is -2.35. The van der Waals surface area contributed by atoms with E-state index in [0.29, 0.717) is 18.8 Å². The average molecular weight is 264 g/mol. The van der Waals surface area contributed by atoms with Gasteiger partial charge in [-0.15, -0.1) is 0 Å². The van der Waals surface area contributed by atoms with Gasteiger partial charge in [-0.2, -0.15) is 5.10 Å². The van der Waals surface area contributed by atoms with Gasteiger partial charge in [-0.05, 0) is 31.7 Å². The van der Waals surface area contributed by atoms with Gasteiger partial charge in [0.05, 0.1) is 0 Å². The van der Waals surface area contributed by atoms with Crippen LogP contribution in [0.3, 0.4) is 0 Å². The molecule has 0 spiro atoms. The molecule has 0 radical (unpaired) electrons. The van der Waals surface area contributed by atoms with E-state index in [0.717, 1.165) is 18.5 Å². The zero-order valence-corrected chi connectivity index (χ0v) is 11.9. The summed E-state index contributed by atoms with van der Waals surface area (Å²) in [6.07, 6.45) is 6.29. The number of hydrogen-bond donors (Lipinski definition) is 2. The van der Waals surface area contributed by atoms with E-state index in [9.17, 15) is 4.79 Å². The molecule has 1 aromatic rings. The third kappa shape index (κ3) is 3.35. The zero-order chi connectivity index (χ0) is 13.9. The van der Waals surface area contributed by atoms with Crippen LogP contribution in [0.4, 0.5) is 5.82 Å². The number of amides is 1. The molecule has 0 aliphatic heterocycles. The number of anilines is 1. The number of carbonyl (C=O) groups excluding carboxylic acids is 1. The van der Waals surface area contributed by atoms with Crippen molar-refractivity contribution in [3.8, 4) is 0 Å². The molecule has 1 aliphatic rings. The van der Waals surface area contributed by atoms with Crippen LogP contribution in [0.5, 0.6) is 0 Å². The van der Waals surface area contributed by atoms with Crippen LogP contribution in [0.25, 0.3) is 0 Å². The number of rotatable bonds is 4. The van der Waals surface area contributed by atoms with Crippen LogP contribution < -0.4 is 11.1 Å². The number of carbonyl (C=O) groups is 1. The van der Waals surface area contributed by atoms with Crippen LogP contribution in [-0.4, -0.2) is 22.2 Å². The van der Waals surface area contributed by atoms with Crippen molar-refractivity contribution < 1.29 is 4.79 Å². The Morgan fingerprint density at radius 2 is 2.16 bits per heavy atom. The third-order valence-electron chi connectivity index (χ3n) is 4.26. The highest BCUT2D eigenvalue weighted by Gasteiger charge is 2.33. The van der Waals surface area contributed by atoms with Gasteiger partial charge in [-0.1, -0.05) is 19.3 Å². The summed E-state index contributed by atoms with van der Waals surface area (Å²) >= 11 is 0. The van der Waals surface area contributed by atoms with Crippen molar-refractivity contribution in [1.29, 1.82) is 0 Å². The minimum absolute atomic E-state index is 0.00611. The van der Waals surface area contributed by atoms with Crippen molar-refractivity contribution in [2.24, 2.45) is 18.2 Å². The van der Waals surface area contributed by atoms with Gasteiger partial charge in [0.25, 0.3) is 0 Å². The van der Waals surface area contributed by atoms with Crippen molar-refractivity contribution in [1.82, 2.24) is 9.78 Å². The topological polar surface area (TPSA) is 72.9 Å². The summed E-state index contributed by atoms with van der Waals surface area (Å²) in [4.78, 5) is 12.1. The van der Waals surface area contributed by atoms with Gasteiger partial charge < -0.3 is 11.1 Å². The second kappa shape index (κ2) is 5.74. The lowest BCUT2D eigenvalue weighted by atomic mass is 9.71. The minimum atomic E-state index is 0.00611. The molecule has 3 N–H and O–H groups in total. The summed E-state index contributed by atoms with van der Waals surface area (Å²) in [5.74, 6) is 0.665. The Bertz CT molecular complexity index is 427. The summed E-state index contributed by atoms with van der Waals surface area (Å²) in [5.41, 5.74) is 6.94. The summed E-state index contributed by atoms with van der Waals surface area (Å²) in [6, 6.07) is 1.88. The van der Waals surface area contributed by atoms with Crippen molar-refractivity contribution in [2.75, 3.05) is 11.9 Å². The standard InChI is InChI=1S/C14H24N4O/c1-11-8-12(17-18(11)2)16-13(19)9-14(10-15)6-4-3-5-7-14/h8H,3-7,9-10,15H2,1-2H3,(H,16,17,19). The molecule has 0 atom stereocenters. The van der Waals surface area contributed by atoms with Crippen LogP contribution >= 0.6 is 0 Å². The van der Waals surface area contributed by atoms with E-state index in [2.05, 4.69) is 10.4 Å². The fourth-order valence-electron chi connectivity index (χ4n) is 2.90. The number of aromatic nitrogens is 2. The average Bonchev–Trinajstić information content (AvgIpc) is 2.69. The van der Waals surface area contributed by atoms with Gasteiger partial charge in [0.15, 0.2) is 5.82 Å². The molecular formula is C14H24N4O. The van der Waals surface area contributed by atoms with Crippen LogP contribution in [0, 0.1) is 12.3 Å². The van der Waals surface area contributed by atoms with Gasteiger partial charge in [0.2, 0.25) is 5.91 Å². The Labute approximate surface area is 114 Å². The normalized spacial score (nSPS) is 18.3. The first-order valence-electron chi connectivity index (χ1n) is 7.05. The predicted molar refractivity (Wildman–Crippen MR) is 75.8 cm³/mol. The van der Waals surface area contributed by atoms with Gasteiger partial charge in [0.1, 0.15) is 0 Å². The van der Waals surface area contributed by atoms with Crippen molar-refractivity contribution in [3.05, 3.63) is 11.8 Å². The van der Waals surface area contributed by atoms with Crippen LogP contribution in [0.15, 0.2) is 6.07 Å². The second-order valence-electron chi connectivity index (χ2n) is 5.78. The highest BCUT2D eigenvalue weighted by atomic mass is 16.1. The molecule has 0 unspecified atom stereocenters. The number of hydrogen-bond acceptors (Lipinski definition) is 3. The molecule has 0 saturated heterocycles. The molecule has 2 rings (SSSR count). The quantitative estimate of drug-likeness (QED) is 0.873. The van der Waals surface area contributed by atoms with Crippen molar-refractivity contribution in [2.45, 2.75) is 45.4 Å². The molecule has 1 aliphatic carbocycles. The third-order valence-corrected chi connectivity index (χ3v) is 4.26. The van der Waals surface area contributed by atoms with Gasteiger partial charge in [-0.3, -0.25) is 9.48 Å². The highest BCUT2D eigenvalue weighted by Crippen LogP contribution is 2.38. The number of nitrogens with two attached hydrogens (primary N) is 1. The zero-order valence-electron chi connectivity index (χ0n) is 11.9. The van der Waals surface area contributed by atoms with E-state index >= 15 is 0 Å². The Morgan fingerprint density at radius 3 is 2.68 bits per heavy atom. The lowest BCUT2D eigenvalue weighted by Crippen LogP contribution is -2.36. The number of aryl methyl sites for hydroxylation is 2. The Morgan fingerprint density at radius 1 is 1.47 bits per heavy atom. The molecular weight excluding hydrogens is 240 g/mol. The minimum Gasteiger partial charge on any atom is -0.330 e. The summed E-state index contributed by atoms with van der Waals surface area (Å²) in [6.45, 7) is 2.56. The van der Waals surface area contributed by atoms with E-state index in [-0.39, 0.29) is 11.3 Å². The Balaban J connectivity index is 1.96. The molecule has 0 aromatic carbocycles. The van der Waals surface area contributed by atoms with Crippen molar-refractivity contribution >= 4 is 11.7 Å². The van der Waals surface area contributed by atoms with E-state index in [1.54, 1.807) is 4.68 Å². The van der Waals surface area contributed by atoms with E-state index in [1.165, 1.54) is 19.3 Å². The Kier molecular flexibility index (Phi) is 4.24. The maximum Gasteiger partial charge on any atom is 0.226 e. The summed E-state index contributed by atoms with van der Waals surface area (Å²) < 4.78 is 1.76. The first kappa shape index (κ1) is 14.1. The largest absolute Gasteiger partial charge is 0.330 e. The molecule has 0 bridgehead atoms. The predicted octanol–water partition coefficient (Wildman–Crippen LogP) is 1.97. The summed E-state index contributed by atoms with van der Waals surface area (Å²) in [5, 5.41) is 7.13. The van der Waals surface area contributed by atoms with Crippen LogP contribution in [0.1, 0.15) is 44.2 Å². The fourth-order valence-corrected chi connectivity index (χ4v) is 2.90. The van der Waals surface area contributed by atoms with Gasteiger partial charge in [0, 0.05) is 25.2 Å². The molecule has 5 nitrogen and oxygen atoms in total. The first-order chi connectivity index (χ1) is 9.04. The maximum atomic E-state index is 12.1. The van der Waals surface area contributed by atoms with Crippen molar-refractivity contribution in [3.63, 3.8) is 0 Å². The van der Waals surface area contributed by atoms with Gasteiger partial charge >= 0.3 is 0 Å². The van der Waals surface area contributed by atoms with E-state index < -0.39 is 0 Å². The first-order valence-corrected chi connectivity index (χ1v) is 7.05. The molecule has 1 saturated carbocycles. The second-order valence-corrected chi connectivity index (χ2v) is 5.78. The molecule has 5 heteroatoms. The highest BCUT2D eigenvalue weighted by molar-refractivity contribution is 5.90.